The first-order chi connectivity index (χ1) is 26.4. The molecule has 56 heavy (non-hydrogen) atoms. The maximum Gasteiger partial charge on any atom is 0.426 e. The Labute approximate surface area is 318 Å². The number of hydrogen-bond acceptors (Lipinski definition) is 8. The highest BCUT2D eigenvalue weighted by Crippen LogP contribution is 2.65. The summed E-state index contributed by atoms with van der Waals surface area (Å²) in [4.78, 5) is 32.4. The van der Waals surface area contributed by atoms with Gasteiger partial charge in [0.25, 0.3) is 17.7 Å². The lowest BCUT2D eigenvalue weighted by Crippen LogP contribution is -2.55. The summed E-state index contributed by atoms with van der Waals surface area (Å²) in [5.41, 5.74) is -5.96. The Hall–Kier alpha value is -5.25. The highest BCUT2D eigenvalue weighted by molar-refractivity contribution is 5.97. The number of carbonyl (C=O) groups is 2. The zero-order chi connectivity index (χ0) is 40.1. The van der Waals surface area contributed by atoms with E-state index in [1.807, 2.05) is 24.3 Å². The second-order valence-corrected chi connectivity index (χ2v) is 15.6. The molecule has 3 heterocycles. The fourth-order valence-electron chi connectivity index (χ4n) is 7.37. The Kier molecular flexibility index (Phi) is 10.00. The predicted octanol–water partition coefficient (Wildman–Crippen LogP) is 9.52. The van der Waals surface area contributed by atoms with Crippen LogP contribution in [-0.4, -0.2) is 50.4 Å². The van der Waals surface area contributed by atoms with Crippen molar-refractivity contribution in [1.29, 1.82) is 0 Å². The maximum absolute atomic E-state index is 15.3. The van der Waals surface area contributed by atoms with Gasteiger partial charge in [0.2, 0.25) is 5.60 Å². The number of alkyl halides is 6. The number of hydrogen-bond donors (Lipinski definition) is 1. The average molecular weight is 784 g/mol. The molecule has 296 valence electrons. The lowest BCUT2D eigenvalue weighted by molar-refractivity contribution is -0.295. The molecule has 1 N–H and O–H groups in total. The smallest absolute Gasteiger partial charge is 0.426 e. The van der Waals surface area contributed by atoms with Gasteiger partial charge in [-0.05, 0) is 80.5 Å². The van der Waals surface area contributed by atoms with Crippen LogP contribution in [0.3, 0.4) is 0 Å². The molecule has 2 aromatic heterocycles. The van der Waals surface area contributed by atoms with Gasteiger partial charge in [0.05, 0.1) is 17.9 Å². The second-order valence-electron chi connectivity index (χ2n) is 15.6. The average Bonchev–Trinajstić information content (AvgIpc) is 3.56. The van der Waals surface area contributed by atoms with Crippen molar-refractivity contribution in [3.05, 3.63) is 107 Å². The molecule has 0 radical (unpaired) electrons. The third kappa shape index (κ3) is 7.75. The normalized spacial score (nSPS) is 22.5. The molecule has 4 aromatic rings. The standard InChI is InChI=1S/C40H39F6N5O5/c1-36(2,3)56-35(53)47-29-18-28(39(41,42)43)30-33(52)51(22-24-12-14-27(15-13-24)37-19-26(20-37)21-37)17-9-5-8-16-38(40(44,45)46,54-23-25-10-6-4-7-11-25)34-50-49-32(55-34)31(29)48-30/h4-8,10-15,18,26H,9,16-17,19-23H2,1-3H3,(H,47,53)/t26?,37?,38-/m1/s1. The Bertz CT molecular complexity index is 2110. The number of amides is 2. The Morgan fingerprint density at radius 3 is 2.23 bits per heavy atom. The molecule has 10 nitrogen and oxygen atoms in total. The fraction of sp³-hybridized carbons (Fsp3) is 0.425. The first-order valence-electron chi connectivity index (χ1n) is 18.1. The van der Waals surface area contributed by atoms with Crippen molar-refractivity contribution in [3.63, 3.8) is 0 Å². The number of aromatic nitrogens is 3. The van der Waals surface area contributed by atoms with E-state index >= 15 is 13.2 Å². The molecule has 3 fully saturated rings. The van der Waals surface area contributed by atoms with Gasteiger partial charge in [-0.3, -0.25) is 10.1 Å². The van der Waals surface area contributed by atoms with Crippen LogP contribution in [-0.2, 0) is 39.8 Å². The third-order valence-corrected chi connectivity index (χ3v) is 10.3. The number of rotatable bonds is 7. The summed E-state index contributed by atoms with van der Waals surface area (Å²) in [7, 11) is 0. The van der Waals surface area contributed by atoms with Crippen LogP contribution in [0, 0.1) is 5.92 Å². The molecule has 3 aliphatic carbocycles. The molecule has 1 atom stereocenters. The molecule has 0 saturated heterocycles. The topological polar surface area (TPSA) is 120 Å². The SMILES string of the molecule is CC(C)(C)OC(=O)Nc1cc(C(F)(F)F)c2nc1-c1nnc(o1)[C@@](OCc1ccccc1)(C(F)(F)F)CC=CCCN(Cc1ccc(C34CC(C3)C4)cc1)C2=O. The van der Waals surface area contributed by atoms with E-state index < -0.39 is 83.0 Å². The van der Waals surface area contributed by atoms with Gasteiger partial charge in [0.1, 0.15) is 11.3 Å². The molecule has 0 spiro atoms. The fourth-order valence-corrected chi connectivity index (χ4v) is 7.37. The van der Waals surface area contributed by atoms with Crippen molar-refractivity contribution in [3.8, 4) is 11.6 Å². The van der Waals surface area contributed by atoms with E-state index in [2.05, 4.69) is 20.5 Å². The summed E-state index contributed by atoms with van der Waals surface area (Å²) >= 11 is 0. The van der Waals surface area contributed by atoms with Gasteiger partial charge in [-0.25, -0.2) is 9.78 Å². The number of carbonyl (C=O) groups excluding carboxylic acids is 2. The van der Waals surface area contributed by atoms with Gasteiger partial charge in [-0.1, -0.05) is 66.7 Å². The molecule has 6 bridgehead atoms. The van der Waals surface area contributed by atoms with Crippen LogP contribution in [0.1, 0.15) is 91.5 Å². The van der Waals surface area contributed by atoms with E-state index in [1.54, 1.807) is 30.3 Å². The van der Waals surface area contributed by atoms with Gasteiger partial charge < -0.3 is 18.8 Å². The minimum atomic E-state index is -5.18. The monoisotopic (exact) mass is 783 g/mol. The highest BCUT2D eigenvalue weighted by atomic mass is 19.4. The molecular formula is C40H39F6N5O5. The summed E-state index contributed by atoms with van der Waals surface area (Å²) in [5.74, 6) is -2.26. The highest BCUT2D eigenvalue weighted by Gasteiger charge is 2.61. The van der Waals surface area contributed by atoms with Gasteiger partial charge in [0, 0.05) is 19.5 Å². The number of halogens is 6. The van der Waals surface area contributed by atoms with Crippen LogP contribution < -0.4 is 5.32 Å². The summed E-state index contributed by atoms with van der Waals surface area (Å²) in [6.45, 7) is 3.70. The van der Waals surface area contributed by atoms with Crippen LogP contribution in [0.5, 0.6) is 0 Å². The molecule has 2 amide bonds. The van der Waals surface area contributed by atoms with E-state index in [9.17, 15) is 22.8 Å². The predicted molar refractivity (Wildman–Crippen MR) is 190 cm³/mol. The summed E-state index contributed by atoms with van der Waals surface area (Å²) < 4.78 is 107. The first-order valence-corrected chi connectivity index (χ1v) is 18.1. The number of nitrogens with zero attached hydrogens (tertiary/aromatic N) is 4. The molecular weight excluding hydrogens is 744 g/mol. The number of pyridine rings is 1. The number of benzene rings is 2. The Balaban J connectivity index is 1.34. The second kappa shape index (κ2) is 14.4. The molecule has 1 aliphatic heterocycles. The number of ether oxygens (including phenoxy) is 2. The Morgan fingerprint density at radius 1 is 0.929 bits per heavy atom. The Morgan fingerprint density at radius 2 is 1.62 bits per heavy atom. The lowest BCUT2D eigenvalue weighted by Gasteiger charge is -2.62. The van der Waals surface area contributed by atoms with E-state index in [0.717, 1.165) is 30.1 Å². The van der Waals surface area contributed by atoms with Crippen LogP contribution in [0.15, 0.2) is 77.2 Å². The minimum Gasteiger partial charge on any atom is -0.444 e. The van der Waals surface area contributed by atoms with Crippen LogP contribution in [0.2, 0.25) is 0 Å². The van der Waals surface area contributed by atoms with Gasteiger partial charge in [0.15, 0.2) is 5.69 Å². The summed E-state index contributed by atoms with van der Waals surface area (Å²) in [6.07, 6.45) is -6.49. The number of anilines is 1. The summed E-state index contributed by atoms with van der Waals surface area (Å²) in [5, 5.41) is 9.61. The molecule has 0 unspecified atom stereocenters. The van der Waals surface area contributed by atoms with Gasteiger partial charge in [-0.2, -0.15) is 26.3 Å². The van der Waals surface area contributed by atoms with Crippen LogP contribution in [0.25, 0.3) is 11.6 Å². The van der Waals surface area contributed by atoms with Crippen LogP contribution in [0.4, 0.5) is 36.8 Å². The van der Waals surface area contributed by atoms with E-state index in [-0.39, 0.29) is 24.9 Å². The van der Waals surface area contributed by atoms with Crippen molar-refractivity contribution in [2.24, 2.45) is 5.92 Å². The van der Waals surface area contributed by atoms with E-state index in [1.165, 1.54) is 38.5 Å². The minimum absolute atomic E-state index is 0.0392. The molecule has 4 aliphatic rings. The van der Waals surface area contributed by atoms with Crippen molar-refractivity contribution in [1.82, 2.24) is 20.1 Å². The molecule has 8 rings (SSSR count). The summed E-state index contributed by atoms with van der Waals surface area (Å²) in [6, 6.07) is 16.1. The third-order valence-electron chi connectivity index (χ3n) is 10.3. The van der Waals surface area contributed by atoms with E-state index in [4.69, 9.17) is 13.9 Å². The van der Waals surface area contributed by atoms with Crippen molar-refractivity contribution in [2.75, 3.05) is 11.9 Å². The van der Waals surface area contributed by atoms with Crippen molar-refractivity contribution < 1.29 is 49.8 Å². The number of fused-ring (bicyclic) bond motifs is 5. The largest absolute Gasteiger partial charge is 0.444 e. The lowest BCUT2D eigenvalue weighted by atomic mass is 9.42. The zero-order valence-electron chi connectivity index (χ0n) is 30.8. The van der Waals surface area contributed by atoms with Gasteiger partial charge >= 0.3 is 18.4 Å². The molecule has 3 saturated carbocycles. The quantitative estimate of drug-likeness (QED) is 0.146. The number of nitrogens with one attached hydrogen (secondary N) is 1. The van der Waals surface area contributed by atoms with Gasteiger partial charge in [-0.15, -0.1) is 10.2 Å². The van der Waals surface area contributed by atoms with Crippen LogP contribution >= 0.6 is 0 Å². The molecule has 16 heteroatoms. The van der Waals surface area contributed by atoms with Crippen molar-refractivity contribution in [2.45, 2.75) is 95.0 Å². The van der Waals surface area contributed by atoms with E-state index in [0.29, 0.717) is 17.2 Å². The maximum atomic E-state index is 15.3. The first kappa shape index (κ1) is 39.0. The molecule has 2 aromatic carbocycles. The van der Waals surface area contributed by atoms with Crippen molar-refractivity contribution >= 4 is 17.7 Å². The zero-order valence-corrected chi connectivity index (χ0v) is 30.8.